The quantitative estimate of drug-likeness (QED) is 0.753. The van der Waals surface area contributed by atoms with Gasteiger partial charge < -0.3 is 25.2 Å². The van der Waals surface area contributed by atoms with E-state index in [9.17, 15) is 24.6 Å². The van der Waals surface area contributed by atoms with Crippen molar-refractivity contribution < 1.29 is 29.3 Å². The van der Waals surface area contributed by atoms with Gasteiger partial charge in [0.05, 0.1) is 0 Å². The highest BCUT2D eigenvalue weighted by Gasteiger charge is 2.38. The van der Waals surface area contributed by atoms with Gasteiger partial charge in [0.25, 0.3) is 5.91 Å². The molecule has 1 fully saturated rings. The second-order valence-corrected chi connectivity index (χ2v) is 7.20. The summed E-state index contributed by atoms with van der Waals surface area (Å²) >= 11 is 0. The van der Waals surface area contributed by atoms with Gasteiger partial charge in [-0.05, 0) is 51.3 Å². The van der Waals surface area contributed by atoms with Gasteiger partial charge >= 0.3 is 12.1 Å². The summed E-state index contributed by atoms with van der Waals surface area (Å²) in [7, 11) is 0. The molecule has 8 nitrogen and oxygen atoms in total. The van der Waals surface area contributed by atoms with Crippen molar-refractivity contribution >= 4 is 18.0 Å². The normalized spacial score (nSPS) is 18.3. The van der Waals surface area contributed by atoms with Gasteiger partial charge in [-0.1, -0.05) is 12.1 Å². The van der Waals surface area contributed by atoms with Crippen LogP contribution in [0.4, 0.5) is 4.79 Å². The van der Waals surface area contributed by atoms with Crippen molar-refractivity contribution in [1.29, 1.82) is 0 Å². The van der Waals surface area contributed by atoms with Gasteiger partial charge in [-0.3, -0.25) is 4.79 Å². The van der Waals surface area contributed by atoms with E-state index in [1.54, 1.807) is 20.8 Å². The summed E-state index contributed by atoms with van der Waals surface area (Å²) in [4.78, 5) is 37.8. The minimum absolute atomic E-state index is 0.0156. The number of phenolic OH excluding ortho intramolecular Hbond substituents is 1. The second-order valence-electron chi connectivity index (χ2n) is 7.20. The Kier molecular flexibility index (Phi) is 5.74. The third-order valence-electron chi connectivity index (χ3n) is 3.96. The number of ether oxygens (including phenoxy) is 1. The van der Waals surface area contributed by atoms with Gasteiger partial charge in [0.1, 0.15) is 23.4 Å². The number of rotatable bonds is 4. The fraction of sp³-hybridized carbons (Fsp3) is 0.500. The third kappa shape index (κ3) is 4.87. The minimum atomic E-state index is -1.11. The zero-order valence-corrected chi connectivity index (χ0v) is 15.1. The zero-order valence-electron chi connectivity index (χ0n) is 15.1. The molecule has 0 unspecified atom stereocenters. The monoisotopic (exact) mass is 364 g/mol. The molecule has 1 aromatic rings. The maximum Gasteiger partial charge on any atom is 0.408 e. The molecule has 3 N–H and O–H groups in total. The topological polar surface area (TPSA) is 116 Å². The highest BCUT2D eigenvalue weighted by Crippen LogP contribution is 2.25. The molecule has 1 saturated heterocycles. The number of nitrogens with one attached hydrogen (secondary N) is 1. The van der Waals surface area contributed by atoms with Crippen LogP contribution < -0.4 is 5.32 Å². The van der Waals surface area contributed by atoms with E-state index in [0.717, 1.165) is 0 Å². The summed E-state index contributed by atoms with van der Waals surface area (Å²) in [6, 6.07) is 3.77. The first-order valence-corrected chi connectivity index (χ1v) is 8.40. The van der Waals surface area contributed by atoms with Gasteiger partial charge in [-0.2, -0.15) is 0 Å². The van der Waals surface area contributed by atoms with Crippen molar-refractivity contribution in [2.24, 2.45) is 0 Å². The van der Waals surface area contributed by atoms with Crippen LogP contribution >= 0.6 is 0 Å². The van der Waals surface area contributed by atoms with Crippen LogP contribution in [0.25, 0.3) is 0 Å². The van der Waals surface area contributed by atoms with Crippen LogP contribution in [0.15, 0.2) is 24.3 Å². The van der Waals surface area contributed by atoms with E-state index in [1.165, 1.54) is 29.2 Å². The molecule has 0 radical (unpaired) electrons. The molecule has 0 saturated carbocycles. The lowest BCUT2D eigenvalue weighted by molar-refractivity contribution is -0.149. The molecule has 2 amide bonds. The second kappa shape index (κ2) is 7.63. The molecule has 0 bridgehead atoms. The van der Waals surface area contributed by atoms with Crippen LogP contribution in [0.1, 0.15) is 45.2 Å². The smallest absolute Gasteiger partial charge is 0.408 e. The first-order chi connectivity index (χ1) is 12.1. The molecular formula is C18H24N2O6. The van der Waals surface area contributed by atoms with Crippen molar-refractivity contribution in [3.8, 4) is 5.75 Å². The molecule has 26 heavy (non-hydrogen) atoms. The first-order valence-electron chi connectivity index (χ1n) is 8.40. The van der Waals surface area contributed by atoms with Gasteiger partial charge in [0.2, 0.25) is 0 Å². The fourth-order valence-corrected chi connectivity index (χ4v) is 2.83. The predicted octanol–water partition coefficient (Wildman–Crippen LogP) is 2.03. The number of carboxylic acid groups (broad SMARTS) is 1. The van der Waals surface area contributed by atoms with Gasteiger partial charge in [0.15, 0.2) is 0 Å². The number of carboxylic acids is 1. The summed E-state index contributed by atoms with van der Waals surface area (Å²) in [5.41, 5.74) is -0.321. The Labute approximate surface area is 151 Å². The Hall–Kier alpha value is -2.77. The zero-order chi connectivity index (χ0) is 19.5. The molecule has 0 spiro atoms. The van der Waals surface area contributed by atoms with Crippen molar-refractivity contribution in [2.45, 2.75) is 51.3 Å². The maximum absolute atomic E-state index is 13.0. The Morgan fingerprint density at radius 1 is 1.23 bits per heavy atom. The van der Waals surface area contributed by atoms with Crippen LogP contribution in [-0.4, -0.2) is 51.3 Å². The number of carbonyl (C=O) groups is 3. The summed E-state index contributed by atoms with van der Waals surface area (Å²) in [5, 5.41) is 21.3. The van der Waals surface area contributed by atoms with Crippen LogP contribution in [-0.2, 0) is 14.3 Å². The number of amides is 2. The molecule has 142 valence electrons. The van der Waals surface area contributed by atoms with Crippen LogP contribution in [0.2, 0.25) is 0 Å². The number of alkyl carbamates (subject to hydrolysis) is 1. The highest BCUT2D eigenvalue weighted by molar-refractivity contribution is 5.90. The van der Waals surface area contributed by atoms with Gasteiger partial charge in [0, 0.05) is 6.54 Å². The number of likely N-dealkylation sites (tertiary alicyclic amines) is 1. The van der Waals surface area contributed by atoms with Crippen LogP contribution in [0.3, 0.4) is 0 Å². The summed E-state index contributed by atoms with van der Waals surface area (Å²) in [6.45, 7) is 5.40. The number of nitrogens with zero attached hydrogens (tertiary/aromatic N) is 1. The Bertz CT molecular complexity index is 680. The van der Waals surface area contributed by atoms with E-state index in [1.807, 2.05) is 0 Å². The molecule has 1 aliphatic rings. The molecule has 0 aliphatic carbocycles. The average Bonchev–Trinajstić information content (AvgIpc) is 3.01. The molecule has 0 aromatic heterocycles. The Morgan fingerprint density at radius 3 is 2.38 bits per heavy atom. The maximum atomic E-state index is 13.0. The number of aromatic hydroxyl groups is 1. The van der Waals surface area contributed by atoms with Crippen molar-refractivity contribution in [2.75, 3.05) is 6.54 Å². The van der Waals surface area contributed by atoms with E-state index in [-0.39, 0.29) is 5.75 Å². The van der Waals surface area contributed by atoms with Crippen LogP contribution in [0.5, 0.6) is 5.75 Å². The molecule has 2 atom stereocenters. The largest absolute Gasteiger partial charge is 0.508 e. The lowest BCUT2D eigenvalue weighted by Crippen LogP contribution is -2.48. The van der Waals surface area contributed by atoms with Crippen molar-refractivity contribution in [3.63, 3.8) is 0 Å². The number of phenols is 1. The Balaban J connectivity index is 2.27. The lowest BCUT2D eigenvalue weighted by atomic mass is 10.0. The van der Waals surface area contributed by atoms with Crippen molar-refractivity contribution in [1.82, 2.24) is 10.2 Å². The van der Waals surface area contributed by atoms with E-state index in [4.69, 9.17) is 4.74 Å². The number of benzene rings is 1. The SMILES string of the molecule is CC(C)(C)OC(=O)N[C@@H](C(=O)N1CCC[C@H]1C(=O)O)c1ccc(O)cc1. The van der Waals surface area contributed by atoms with Crippen molar-refractivity contribution in [3.05, 3.63) is 29.8 Å². The fourth-order valence-electron chi connectivity index (χ4n) is 2.83. The number of carbonyl (C=O) groups excluding carboxylic acids is 2. The average molecular weight is 364 g/mol. The standard InChI is InChI=1S/C18H24N2O6/c1-18(2,3)26-17(25)19-14(11-6-8-12(21)9-7-11)15(22)20-10-4-5-13(20)16(23)24/h6-9,13-14,21H,4-5,10H2,1-3H3,(H,19,25)(H,23,24)/t13-,14+/m0/s1. The first kappa shape index (κ1) is 19.6. The van der Waals surface area contributed by atoms with E-state index >= 15 is 0 Å². The lowest BCUT2D eigenvalue weighted by Gasteiger charge is -2.28. The summed E-state index contributed by atoms with van der Waals surface area (Å²) < 4.78 is 5.21. The molecule has 2 rings (SSSR count). The van der Waals surface area contributed by atoms with Gasteiger partial charge in [-0.25, -0.2) is 9.59 Å². The number of hydrogen-bond donors (Lipinski definition) is 3. The predicted molar refractivity (Wildman–Crippen MR) is 92.6 cm³/mol. The van der Waals surface area contributed by atoms with E-state index in [0.29, 0.717) is 24.9 Å². The minimum Gasteiger partial charge on any atom is -0.508 e. The van der Waals surface area contributed by atoms with Gasteiger partial charge in [-0.15, -0.1) is 0 Å². The van der Waals surface area contributed by atoms with E-state index < -0.39 is 35.7 Å². The summed E-state index contributed by atoms with van der Waals surface area (Å²) in [6.07, 6.45) is 0.169. The van der Waals surface area contributed by atoms with E-state index in [2.05, 4.69) is 5.32 Å². The Morgan fingerprint density at radius 2 is 1.85 bits per heavy atom. The number of hydrogen-bond acceptors (Lipinski definition) is 5. The third-order valence-corrected chi connectivity index (χ3v) is 3.96. The highest BCUT2D eigenvalue weighted by atomic mass is 16.6. The molecule has 1 aliphatic heterocycles. The molecule has 8 heteroatoms. The molecule has 1 aromatic carbocycles. The molecule has 1 heterocycles. The molecular weight excluding hydrogens is 340 g/mol. The summed E-state index contributed by atoms with van der Waals surface area (Å²) in [5.74, 6) is -1.58. The number of aliphatic carboxylic acids is 1. The van der Waals surface area contributed by atoms with Crippen LogP contribution in [0, 0.1) is 0 Å².